The van der Waals surface area contributed by atoms with Crippen LogP contribution in [0.3, 0.4) is 0 Å². The number of hydrogen-bond acceptors (Lipinski definition) is 4. The van der Waals surface area contributed by atoms with Gasteiger partial charge in [0.1, 0.15) is 0 Å². The van der Waals surface area contributed by atoms with E-state index in [4.69, 9.17) is 17.0 Å². The van der Waals surface area contributed by atoms with Crippen LogP contribution in [0.25, 0.3) is 6.08 Å². The van der Waals surface area contributed by atoms with E-state index in [2.05, 4.69) is 0 Å². The molecular formula is C18H14FNO2S2. The highest BCUT2D eigenvalue weighted by atomic mass is 32.2. The average Bonchev–Trinajstić information content (AvgIpc) is 2.83. The van der Waals surface area contributed by atoms with Crippen molar-refractivity contribution < 1.29 is 13.9 Å². The largest absolute Gasteiger partial charge is 0.494 e. The zero-order chi connectivity index (χ0) is 17.3. The van der Waals surface area contributed by atoms with Crippen molar-refractivity contribution in [3.05, 3.63) is 64.3 Å². The quantitative estimate of drug-likeness (QED) is 0.594. The number of ether oxygens (including phenoxy) is 1. The second kappa shape index (κ2) is 6.75. The Hall–Kier alpha value is -2.18. The summed E-state index contributed by atoms with van der Waals surface area (Å²) < 4.78 is 19.2. The molecular weight excluding hydrogens is 345 g/mol. The molecule has 0 atom stereocenters. The fourth-order valence-electron chi connectivity index (χ4n) is 2.31. The summed E-state index contributed by atoms with van der Waals surface area (Å²) >= 11 is 6.53. The van der Waals surface area contributed by atoms with E-state index < -0.39 is 5.82 Å². The van der Waals surface area contributed by atoms with Gasteiger partial charge in [0.25, 0.3) is 5.91 Å². The molecule has 0 radical (unpaired) electrons. The van der Waals surface area contributed by atoms with Crippen molar-refractivity contribution in [3.8, 4) is 5.75 Å². The summed E-state index contributed by atoms with van der Waals surface area (Å²) in [5.74, 6) is -0.510. The van der Waals surface area contributed by atoms with Crippen LogP contribution < -0.4 is 9.64 Å². The number of carbonyl (C=O) groups excluding carboxylic acids is 1. The molecule has 1 fully saturated rings. The Morgan fingerprint density at radius 2 is 1.92 bits per heavy atom. The normalized spacial score (nSPS) is 16.1. The number of carbonyl (C=O) groups is 1. The molecule has 1 amide bonds. The maximum atomic E-state index is 13.8. The van der Waals surface area contributed by atoms with Gasteiger partial charge in [-0.2, -0.15) is 0 Å². The maximum absolute atomic E-state index is 13.8. The highest BCUT2D eigenvalue weighted by molar-refractivity contribution is 8.27. The Kier molecular flexibility index (Phi) is 4.69. The molecule has 6 heteroatoms. The highest BCUT2D eigenvalue weighted by Crippen LogP contribution is 2.36. The van der Waals surface area contributed by atoms with Crippen LogP contribution in [0.2, 0.25) is 0 Å². The fourth-order valence-corrected chi connectivity index (χ4v) is 3.61. The Bertz CT molecular complexity index is 847. The summed E-state index contributed by atoms with van der Waals surface area (Å²) in [6, 6.07) is 12.1. The topological polar surface area (TPSA) is 29.5 Å². The van der Waals surface area contributed by atoms with Crippen LogP contribution in [0.15, 0.2) is 47.4 Å². The van der Waals surface area contributed by atoms with Gasteiger partial charge in [-0.05, 0) is 42.8 Å². The Labute approximate surface area is 149 Å². The van der Waals surface area contributed by atoms with Crippen molar-refractivity contribution in [1.29, 1.82) is 0 Å². The number of hydrogen-bond donors (Lipinski definition) is 0. The first-order valence-electron chi connectivity index (χ1n) is 7.18. The van der Waals surface area contributed by atoms with E-state index in [9.17, 15) is 9.18 Å². The zero-order valence-electron chi connectivity index (χ0n) is 13.1. The van der Waals surface area contributed by atoms with Crippen LogP contribution in [-0.4, -0.2) is 17.3 Å². The number of thiocarbonyl (C=S) groups is 1. The summed E-state index contributed by atoms with van der Waals surface area (Å²) in [6.07, 6.45) is 1.63. The average molecular weight is 359 g/mol. The highest BCUT2D eigenvalue weighted by Gasteiger charge is 2.33. The second-order valence-electron chi connectivity index (χ2n) is 5.25. The van der Waals surface area contributed by atoms with Crippen LogP contribution in [-0.2, 0) is 4.79 Å². The Morgan fingerprint density at radius 3 is 2.54 bits per heavy atom. The number of aryl methyl sites for hydroxylation is 1. The van der Waals surface area contributed by atoms with Crippen LogP contribution >= 0.6 is 24.0 Å². The third-order valence-electron chi connectivity index (χ3n) is 3.56. The minimum Gasteiger partial charge on any atom is -0.494 e. The predicted molar refractivity (Wildman–Crippen MR) is 99.8 cm³/mol. The molecule has 0 saturated carbocycles. The monoisotopic (exact) mass is 359 g/mol. The first-order valence-corrected chi connectivity index (χ1v) is 8.40. The molecule has 0 unspecified atom stereocenters. The van der Waals surface area contributed by atoms with Crippen molar-refractivity contribution in [2.45, 2.75) is 6.92 Å². The van der Waals surface area contributed by atoms with Crippen LogP contribution in [0.1, 0.15) is 11.1 Å². The van der Waals surface area contributed by atoms with Crippen molar-refractivity contribution >= 4 is 46.0 Å². The molecule has 122 valence electrons. The molecule has 0 aromatic heterocycles. The van der Waals surface area contributed by atoms with E-state index in [1.54, 1.807) is 12.1 Å². The van der Waals surface area contributed by atoms with Crippen molar-refractivity contribution in [1.82, 2.24) is 0 Å². The van der Waals surface area contributed by atoms with Gasteiger partial charge in [0.2, 0.25) is 0 Å². The molecule has 24 heavy (non-hydrogen) atoms. The number of thioether (sulfide) groups is 1. The van der Waals surface area contributed by atoms with Crippen LogP contribution in [0.4, 0.5) is 10.1 Å². The summed E-state index contributed by atoms with van der Waals surface area (Å²) in [7, 11) is 1.41. The number of halogens is 1. The zero-order valence-corrected chi connectivity index (χ0v) is 14.7. The smallest absolute Gasteiger partial charge is 0.270 e. The van der Waals surface area contributed by atoms with Crippen molar-refractivity contribution in [3.63, 3.8) is 0 Å². The van der Waals surface area contributed by atoms with Crippen LogP contribution in [0, 0.1) is 12.7 Å². The van der Waals surface area contributed by atoms with Gasteiger partial charge in [0.05, 0.1) is 17.7 Å². The number of amides is 1. The molecule has 3 rings (SSSR count). The molecule has 0 N–H and O–H groups in total. The SMILES string of the molecule is COc1ccc(/C=C2\SC(=S)N(c3ccc(C)cc3)C2=O)cc1F. The summed E-state index contributed by atoms with van der Waals surface area (Å²) in [4.78, 5) is 14.6. The van der Waals surface area contributed by atoms with Gasteiger partial charge >= 0.3 is 0 Å². The predicted octanol–water partition coefficient (Wildman–Crippen LogP) is 4.55. The van der Waals surface area contributed by atoms with Gasteiger partial charge in [-0.15, -0.1) is 0 Å². The molecule has 0 aliphatic carbocycles. The number of rotatable bonds is 3. The maximum Gasteiger partial charge on any atom is 0.270 e. The van der Waals surface area contributed by atoms with Gasteiger partial charge in [0, 0.05) is 0 Å². The number of benzene rings is 2. The second-order valence-corrected chi connectivity index (χ2v) is 6.92. The minimum absolute atomic E-state index is 0.166. The minimum atomic E-state index is -0.472. The van der Waals surface area contributed by atoms with Gasteiger partial charge in [0.15, 0.2) is 15.9 Å². The third kappa shape index (κ3) is 3.20. The van der Waals surface area contributed by atoms with Gasteiger partial charge in [-0.3, -0.25) is 9.69 Å². The number of nitrogens with zero attached hydrogens (tertiary/aromatic N) is 1. The summed E-state index contributed by atoms with van der Waals surface area (Å²) in [6.45, 7) is 1.98. The van der Waals surface area contributed by atoms with E-state index in [1.807, 2.05) is 31.2 Å². The molecule has 1 aliphatic heterocycles. The molecule has 0 spiro atoms. The molecule has 1 heterocycles. The fraction of sp³-hybridized carbons (Fsp3) is 0.111. The molecule has 1 aliphatic rings. The van der Waals surface area contributed by atoms with E-state index in [0.717, 1.165) is 11.3 Å². The molecule has 2 aromatic carbocycles. The van der Waals surface area contributed by atoms with Gasteiger partial charge in [-0.25, -0.2) is 4.39 Å². The van der Waals surface area contributed by atoms with E-state index >= 15 is 0 Å². The van der Waals surface area contributed by atoms with Gasteiger partial charge in [-0.1, -0.05) is 47.7 Å². The first kappa shape index (κ1) is 16.7. The summed E-state index contributed by atoms with van der Waals surface area (Å²) in [5.41, 5.74) is 2.42. The van der Waals surface area contributed by atoms with Crippen molar-refractivity contribution in [2.24, 2.45) is 0 Å². The lowest BCUT2D eigenvalue weighted by Gasteiger charge is -2.14. The van der Waals surface area contributed by atoms with Crippen LogP contribution in [0.5, 0.6) is 5.75 Å². The first-order chi connectivity index (χ1) is 11.5. The van der Waals surface area contributed by atoms with Crippen molar-refractivity contribution in [2.75, 3.05) is 12.0 Å². The van der Waals surface area contributed by atoms with E-state index in [1.165, 1.54) is 35.9 Å². The molecule has 2 aromatic rings. The lowest BCUT2D eigenvalue weighted by Crippen LogP contribution is -2.27. The van der Waals surface area contributed by atoms with E-state index in [0.29, 0.717) is 14.8 Å². The molecule has 1 saturated heterocycles. The lowest BCUT2D eigenvalue weighted by atomic mass is 10.2. The third-order valence-corrected chi connectivity index (χ3v) is 4.86. The lowest BCUT2D eigenvalue weighted by molar-refractivity contribution is -0.113. The summed E-state index contributed by atoms with van der Waals surface area (Å²) in [5, 5.41) is 0. The number of methoxy groups -OCH3 is 1. The Morgan fingerprint density at radius 1 is 1.21 bits per heavy atom. The van der Waals surface area contributed by atoms with Gasteiger partial charge < -0.3 is 4.74 Å². The van der Waals surface area contributed by atoms with E-state index in [-0.39, 0.29) is 11.7 Å². The molecule has 3 nitrogen and oxygen atoms in total. The standard InChI is InChI=1S/C18H14FNO2S2/c1-11-3-6-13(7-4-11)20-17(21)16(24-18(20)23)10-12-5-8-15(22-2)14(19)9-12/h3-10H,1-2H3/b16-10-. The number of anilines is 1. The Balaban J connectivity index is 1.90. The molecule has 0 bridgehead atoms.